The summed E-state index contributed by atoms with van der Waals surface area (Å²) in [6.45, 7) is 2.96. The summed E-state index contributed by atoms with van der Waals surface area (Å²) in [5.41, 5.74) is 6.97. The van der Waals surface area contributed by atoms with E-state index in [-0.39, 0.29) is 0 Å². The minimum Gasteiger partial charge on any atom is -0.329 e. The molecule has 1 heterocycles. The zero-order chi connectivity index (χ0) is 8.81. The molecule has 3 heteroatoms. The van der Waals surface area contributed by atoms with E-state index in [1.54, 1.807) is 11.3 Å². The molecule has 1 nitrogen and oxygen atoms in total. The van der Waals surface area contributed by atoms with Crippen molar-refractivity contribution in [1.82, 2.24) is 0 Å². The molecule has 2 N–H and O–H groups in total. The highest BCUT2D eigenvalue weighted by Crippen LogP contribution is 2.13. The van der Waals surface area contributed by atoms with Crippen molar-refractivity contribution in [3.63, 3.8) is 0 Å². The third-order valence-corrected chi connectivity index (χ3v) is 3.64. The van der Waals surface area contributed by atoms with Crippen molar-refractivity contribution in [2.24, 2.45) is 5.73 Å². The number of thioether (sulfide) groups is 1. The standard InChI is InChI=1S/C9H15NS2/c1-8(6-10)12-5-3-9-2-4-11-7-9/h2,4,7-8H,3,5-6,10H2,1H3. The molecular formula is C9H15NS2. The van der Waals surface area contributed by atoms with E-state index in [1.807, 2.05) is 11.8 Å². The van der Waals surface area contributed by atoms with Crippen molar-refractivity contribution in [2.45, 2.75) is 18.6 Å². The van der Waals surface area contributed by atoms with Crippen LogP contribution in [0.15, 0.2) is 16.8 Å². The summed E-state index contributed by atoms with van der Waals surface area (Å²) in [6.07, 6.45) is 1.18. The Morgan fingerprint density at radius 3 is 3.08 bits per heavy atom. The van der Waals surface area contributed by atoms with E-state index in [0.717, 1.165) is 6.54 Å². The van der Waals surface area contributed by atoms with E-state index in [4.69, 9.17) is 5.73 Å². The van der Waals surface area contributed by atoms with Gasteiger partial charge in [0.2, 0.25) is 0 Å². The van der Waals surface area contributed by atoms with Crippen molar-refractivity contribution in [3.8, 4) is 0 Å². The fourth-order valence-corrected chi connectivity index (χ4v) is 2.48. The van der Waals surface area contributed by atoms with Gasteiger partial charge in [-0.15, -0.1) is 0 Å². The predicted molar refractivity (Wildman–Crippen MR) is 59.0 cm³/mol. The molecule has 12 heavy (non-hydrogen) atoms. The summed E-state index contributed by atoms with van der Waals surface area (Å²) in [4.78, 5) is 0. The van der Waals surface area contributed by atoms with E-state index < -0.39 is 0 Å². The SMILES string of the molecule is CC(CN)SCCc1ccsc1. The Hall–Kier alpha value is 0.01000. The van der Waals surface area contributed by atoms with Gasteiger partial charge in [0.15, 0.2) is 0 Å². The van der Waals surface area contributed by atoms with E-state index in [0.29, 0.717) is 5.25 Å². The Morgan fingerprint density at radius 1 is 1.67 bits per heavy atom. The van der Waals surface area contributed by atoms with E-state index in [9.17, 15) is 0 Å². The monoisotopic (exact) mass is 201 g/mol. The van der Waals surface area contributed by atoms with Crippen molar-refractivity contribution < 1.29 is 0 Å². The second-order valence-corrected chi connectivity index (χ2v) is 5.13. The smallest absolute Gasteiger partial charge is 0.0142 e. The first-order valence-corrected chi connectivity index (χ1v) is 6.15. The molecule has 0 aliphatic carbocycles. The van der Waals surface area contributed by atoms with Gasteiger partial charge < -0.3 is 5.73 Å². The van der Waals surface area contributed by atoms with Gasteiger partial charge >= 0.3 is 0 Å². The fourth-order valence-electron chi connectivity index (χ4n) is 0.881. The highest BCUT2D eigenvalue weighted by atomic mass is 32.2. The van der Waals surface area contributed by atoms with Gasteiger partial charge in [0.25, 0.3) is 0 Å². The molecule has 0 fully saturated rings. The first-order valence-electron chi connectivity index (χ1n) is 4.15. The van der Waals surface area contributed by atoms with Gasteiger partial charge in [0.05, 0.1) is 0 Å². The third kappa shape index (κ3) is 3.61. The van der Waals surface area contributed by atoms with E-state index in [1.165, 1.54) is 17.7 Å². The number of aryl methyl sites for hydroxylation is 1. The van der Waals surface area contributed by atoms with Crippen molar-refractivity contribution >= 4 is 23.1 Å². The maximum absolute atomic E-state index is 5.51. The second-order valence-electron chi connectivity index (χ2n) is 2.80. The lowest BCUT2D eigenvalue weighted by Gasteiger charge is -2.06. The lowest BCUT2D eigenvalue weighted by molar-refractivity contribution is 0.948. The van der Waals surface area contributed by atoms with Crippen LogP contribution in [0.3, 0.4) is 0 Å². The van der Waals surface area contributed by atoms with Crippen molar-refractivity contribution in [1.29, 1.82) is 0 Å². The molecule has 1 unspecified atom stereocenters. The van der Waals surface area contributed by atoms with Crippen molar-refractivity contribution in [3.05, 3.63) is 22.4 Å². The minimum absolute atomic E-state index is 0.601. The highest BCUT2D eigenvalue weighted by Gasteiger charge is 1.99. The van der Waals surface area contributed by atoms with Crippen LogP contribution in [0.25, 0.3) is 0 Å². The quantitative estimate of drug-likeness (QED) is 0.791. The minimum atomic E-state index is 0.601. The zero-order valence-corrected chi connectivity index (χ0v) is 8.96. The second kappa shape index (κ2) is 5.62. The number of hydrogen-bond donors (Lipinski definition) is 1. The third-order valence-electron chi connectivity index (χ3n) is 1.71. The van der Waals surface area contributed by atoms with Crippen LogP contribution in [-0.2, 0) is 6.42 Å². The van der Waals surface area contributed by atoms with Gasteiger partial charge in [-0.3, -0.25) is 0 Å². The van der Waals surface area contributed by atoms with Gasteiger partial charge in [0, 0.05) is 11.8 Å². The average molecular weight is 201 g/mol. The summed E-state index contributed by atoms with van der Waals surface area (Å²) >= 11 is 3.72. The normalized spacial score (nSPS) is 13.2. The van der Waals surface area contributed by atoms with Gasteiger partial charge in [-0.05, 0) is 34.6 Å². The Kier molecular flexibility index (Phi) is 4.73. The molecule has 1 rings (SSSR count). The molecule has 0 spiro atoms. The van der Waals surface area contributed by atoms with Crippen LogP contribution in [0, 0.1) is 0 Å². The van der Waals surface area contributed by atoms with E-state index in [2.05, 4.69) is 23.8 Å². The van der Waals surface area contributed by atoms with Gasteiger partial charge in [-0.1, -0.05) is 6.92 Å². The number of hydrogen-bond acceptors (Lipinski definition) is 3. The molecule has 0 aromatic carbocycles. The largest absolute Gasteiger partial charge is 0.329 e. The molecular weight excluding hydrogens is 186 g/mol. The Morgan fingerprint density at radius 2 is 2.50 bits per heavy atom. The molecule has 0 radical (unpaired) electrons. The number of nitrogens with two attached hydrogens (primary N) is 1. The summed E-state index contributed by atoms with van der Waals surface area (Å²) in [5, 5.41) is 4.95. The lowest BCUT2D eigenvalue weighted by atomic mass is 10.3. The molecule has 0 amide bonds. The molecule has 0 bridgehead atoms. The van der Waals surface area contributed by atoms with Crippen LogP contribution in [0.4, 0.5) is 0 Å². The molecule has 1 aromatic heterocycles. The maximum atomic E-state index is 5.51. The maximum Gasteiger partial charge on any atom is 0.0142 e. The predicted octanol–water partition coefficient (Wildman–Crippen LogP) is 2.37. The Bertz CT molecular complexity index is 196. The summed E-state index contributed by atoms with van der Waals surface area (Å²) in [7, 11) is 0. The summed E-state index contributed by atoms with van der Waals surface area (Å²) < 4.78 is 0. The average Bonchev–Trinajstić information content (AvgIpc) is 2.57. The zero-order valence-electron chi connectivity index (χ0n) is 7.32. The van der Waals surface area contributed by atoms with Crippen LogP contribution in [0.1, 0.15) is 12.5 Å². The molecule has 1 aromatic rings. The first-order chi connectivity index (χ1) is 5.83. The molecule has 0 aliphatic rings. The highest BCUT2D eigenvalue weighted by molar-refractivity contribution is 7.99. The Labute approximate surface area is 82.4 Å². The molecule has 0 saturated carbocycles. The first kappa shape index (κ1) is 10.1. The summed E-state index contributed by atoms with van der Waals surface area (Å²) in [5.74, 6) is 1.19. The Balaban J connectivity index is 2.11. The molecule has 0 aliphatic heterocycles. The van der Waals surface area contributed by atoms with Gasteiger partial charge in [0.1, 0.15) is 0 Å². The van der Waals surface area contributed by atoms with E-state index >= 15 is 0 Å². The van der Waals surface area contributed by atoms with Crippen LogP contribution >= 0.6 is 23.1 Å². The van der Waals surface area contributed by atoms with Crippen LogP contribution < -0.4 is 5.73 Å². The summed E-state index contributed by atoms with van der Waals surface area (Å²) in [6, 6.07) is 2.19. The lowest BCUT2D eigenvalue weighted by Crippen LogP contribution is -2.13. The van der Waals surface area contributed by atoms with Crippen molar-refractivity contribution in [2.75, 3.05) is 12.3 Å². The van der Waals surface area contributed by atoms with Gasteiger partial charge in [-0.2, -0.15) is 23.1 Å². The molecule has 0 saturated heterocycles. The van der Waals surface area contributed by atoms with Crippen LogP contribution in [-0.4, -0.2) is 17.5 Å². The van der Waals surface area contributed by atoms with Crippen LogP contribution in [0.5, 0.6) is 0 Å². The fraction of sp³-hybridized carbons (Fsp3) is 0.556. The topological polar surface area (TPSA) is 26.0 Å². The number of thiophene rings is 1. The van der Waals surface area contributed by atoms with Crippen LogP contribution in [0.2, 0.25) is 0 Å². The van der Waals surface area contributed by atoms with Gasteiger partial charge in [-0.25, -0.2) is 0 Å². The molecule has 68 valence electrons. The number of rotatable bonds is 5. The molecule has 1 atom stereocenters.